The minimum absolute atomic E-state index is 0.176. The molecule has 0 aliphatic carbocycles. The van der Waals surface area contributed by atoms with Crippen LogP contribution in [0.1, 0.15) is 11.1 Å². The Labute approximate surface area is 212 Å². The Morgan fingerprint density at radius 1 is 0.889 bits per heavy atom. The van der Waals surface area contributed by atoms with Gasteiger partial charge in [0.15, 0.2) is 5.76 Å². The molecule has 1 fully saturated rings. The van der Waals surface area contributed by atoms with Crippen LogP contribution in [0.5, 0.6) is 23.0 Å². The quantitative estimate of drug-likeness (QED) is 0.383. The molecule has 3 aromatic rings. The predicted octanol–water partition coefficient (Wildman–Crippen LogP) is 5.01. The lowest BCUT2D eigenvalue weighted by molar-refractivity contribution is 0.0668. The molecule has 2 aliphatic heterocycles. The fourth-order valence-electron chi connectivity index (χ4n) is 4.34. The molecule has 0 aromatic heterocycles. The first-order chi connectivity index (χ1) is 17.6. The van der Waals surface area contributed by atoms with Gasteiger partial charge < -0.3 is 18.9 Å². The number of hydrogen-bond donors (Lipinski definition) is 0. The van der Waals surface area contributed by atoms with Gasteiger partial charge in [-0.1, -0.05) is 0 Å². The van der Waals surface area contributed by atoms with Gasteiger partial charge in [0.2, 0.25) is 0 Å². The third kappa shape index (κ3) is 4.96. The summed E-state index contributed by atoms with van der Waals surface area (Å²) in [5.74, 6) is 3.42. The van der Waals surface area contributed by atoms with Gasteiger partial charge in [-0.05, 0) is 72.3 Å². The Balaban J connectivity index is 1.35. The van der Waals surface area contributed by atoms with Crippen molar-refractivity contribution in [2.75, 3.05) is 47.1 Å². The van der Waals surface area contributed by atoms with Crippen LogP contribution in [-0.2, 0) is 10.8 Å². The lowest BCUT2D eigenvalue weighted by atomic mass is 10.0. The van der Waals surface area contributed by atoms with Gasteiger partial charge in [0, 0.05) is 31.1 Å². The van der Waals surface area contributed by atoms with E-state index in [9.17, 15) is 8.60 Å². The molecule has 0 amide bonds. The molecule has 0 N–H and O–H groups in total. The van der Waals surface area contributed by atoms with Crippen molar-refractivity contribution in [3.8, 4) is 23.0 Å². The Hall–Kier alpha value is -3.36. The first-order valence-corrected chi connectivity index (χ1v) is 12.9. The number of fused-ring (bicyclic) bond motifs is 1. The molecule has 2 aliphatic rings. The second-order valence-electron chi connectivity index (χ2n) is 8.72. The average molecular weight is 510 g/mol. The number of methoxy groups -OCH3 is 2. The van der Waals surface area contributed by atoms with E-state index in [4.69, 9.17) is 18.9 Å². The summed E-state index contributed by atoms with van der Waals surface area (Å²) in [7, 11) is 1.75. The van der Waals surface area contributed by atoms with Crippen LogP contribution < -0.4 is 18.9 Å². The van der Waals surface area contributed by atoms with Gasteiger partial charge in [-0.25, -0.2) is 4.21 Å². The van der Waals surface area contributed by atoms with Gasteiger partial charge in [-0.3, -0.25) is 9.29 Å². The molecule has 188 valence electrons. The summed E-state index contributed by atoms with van der Waals surface area (Å²) in [6.07, 6.45) is 0. The van der Waals surface area contributed by atoms with Crippen molar-refractivity contribution in [2.45, 2.75) is 4.90 Å². The maximum atomic E-state index is 13.6. The zero-order valence-electron chi connectivity index (χ0n) is 20.2. The lowest BCUT2D eigenvalue weighted by Crippen LogP contribution is -2.49. The first-order valence-electron chi connectivity index (χ1n) is 11.8. The molecule has 1 saturated heterocycles. The Morgan fingerprint density at radius 3 is 2.19 bits per heavy atom. The van der Waals surface area contributed by atoms with Gasteiger partial charge in [-0.2, -0.15) is 0 Å². The zero-order chi connectivity index (χ0) is 25.1. The Morgan fingerprint density at radius 2 is 1.53 bits per heavy atom. The maximum Gasteiger partial charge on any atom is 0.152 e. The summed E-state index contributed by atoms with van der Waals surface area (Å²) in [4.78, 5) is 3.43. The predicted molar refractivity (Wildman–Crippen MR) is 138 cm³/mol. The summed E-state index contributed by atoms with van der Waals surface area (Å²) in [5.41, 5.74) is 1.56. The molecular weight excluding hydrogens is 481 g/mol. The van der Waals surface area contributed by atoms with Gasteiger partial charge in [0.1, 0.15) is 29.6 Å². The van der Waals surface area contributed by atoms with E-state index in [1.165, 1.54) is 0 Å². The van der Waals surface area contributed by atoms with E-state index in [2.05, 4.69) is 4.90 Å². The number of nitrogens with zero attached hydrogens (tertiary/aromatic N) is 1. The first kappa shape index (κ1) is 24.3. The fraction of sp³-hybridized carbons (Fsp3) is 0.286. The minimum atomic E-state index is -1.44. The molecule has 0 saturated carbocycles. The normalized spacial score (nSPS) is 17.5. The molecule has 36 heavy (non-hydrogen) atoms. The van der Waals surface area contributed by atoms with Crippen molar-refractivity contribution >= 4 is 21.5 Å². The number of hydrogen-bond acceptors (Lipinski definition) is 6. The topological polar surface area (TPSA) is 57.2 Å². The summed E-state index contributed by atoms with van der Waals surface area (Å²) < 4.78 is 48.9. The molecule has 0 bridgehead atoms. The summed E-state index contributed by atoms with van der Waals surface area (Å²) >= 11 is 0. The van der Waals surface area contributed by atoms with Crippen molar-refractivity contribution < 1.29 is 27.5 Å². The number of rotatable bonds is 10. The van der Waals surface area contributed by atoms with Crippen molar-refractivity contribution in [2.24, 2.45) is 5.92 Å². The van der Waals surface area contributed by atoms with Gasteiger partial charge in [0.05, 0.1) is 41.5 Å². The molecule has 1 atom stereocenters. The van der Waals surface area contributed by atoms with Crippen molar-refractivity contribution in [1.82, 2.24) is 4.90 Å². The van der Waals surface area contributed by atoms with Crippen LogP contribution in [0.4, 0.5) is 4.39 Å². The zero-order valence-corrected chi connectivity index (χ0v) is 21.1. The number of alkyl halides is 1. The van der Waals surface area contributed by atoms with Crippen LogP contribution in [0.3, 0.4) is 0 Å². The van der Waals surface area contributed by atoms with Crippen molar-refractivity contribution in [3.63, 3.8) is 0 Å². The Kier molecular flexibility index (Phi) is 7.25. The molecule has 0 radical (unpaired) electrons. The summed E-state index contributed by atoms with van der Waals surface area (Å²) in [6, 6.07) is 20.3. The molecule has 1 unspecified atom stereocenters. The standard InChI is InChI=1S/C28H28FNO5S/c1-32-21-5-3-20(4-6-21)28-27(25-12-11-24(33-2)15-26(25)36(28)31)35-23-9-7-22(8-10-23)34-14-13-30-17-19(16-29)18-30/h3-12,15,19H,13-14,16-18H2,1-2H3. The van der Waals surface area contributed by atoms with Gasteiger partial charge in [-0.15, -0.1) is 0 Å². The highest BCUT2D eigenvalue weighted by atomic mass is 32.2. The van der Waals surface area contributed by atoms with E-state index in [0.717, 1.165) is 42.3 Å². The van der Waals surface area contributed by atoms with E-state index >= 15 is 0 Å². The third-order valence-corrected chi connectivity index (χ3v) is 7.88. The van der Waals surface area contributed by atoms with Crippen molar-refractivity contribution in [3.05, 3.63) is 77.9 Å². The lowest BCUT2D eigenvalue weighted by Gasteiger charge is -2.37. The molecule has 8 heteroatoms. The molecule has 6 nitrogen and oxygen atoms in total. The number of benzene rings is 3. The minimum Gasteiger partial charge on any atom is -0.497 e. The summed E-state index contributed by atoms with van der Waals surface area (Å²) in [6.45, 7) is 2.67. The van der Waals surface area contributed by atoms with Crippen LogP contribution in [0.25, 0.3) is 10.7 Å². The van der Waals surface area contributed by atoms with E-state index in [1.807, 2.05) is 60.7 Å². The van der Waals surface area contributed by atoms with E-state index in [0.29, 0.717) is 33.7 Å². The molecule has 5 rings (SSSR count). The SMILES string of the molecule is COc1ccc(C2=C(Oc3ccc(OCCN4CC(CF)C4)cc3)c3ccc(OC)cc3S2=O)cc1. The van der Waals surface area contributed by atoms with Crippen LogP contribution in [-0.4, -0.2) is 56.2 Å². The van der Waals surface area contributed by atoms with Crippen LogP contribution in [0, 0.1) is 5.92 Å². The maximum absolute atomic E-state index is 13.6. The summed E-state index contributed by atoms with van der Waals surface area (Å²) in [5, 5.41) is 0. The Bertz CT molecular complexity index is 1270. The largest absolute Gasteiger partial charge is 0.497 e. The number of halogens is 1. The average Bonchev–Trinajstić information content (AvgIpc) is 3.16. The van der Waals surface area contributed by atoms with E-state index < -0.39 is 10.8 Å². The van der Waals surface area contributed by atoms with Crippen LogP contribution >= 0.6 is 0 Å². The second-order valence-corrected chi connectivity index (χ2v) is 10.1. The molecular formula is C28H28FNO5S. The highest BCUT2D eigenvalue weighted by molar-refractivity contribution is 7.95. The molecule has 2 heterocycles. The monoisotopic (exact) mass is 509 g/mol. The van der Waals surface area contributed by atoms with Gasteiger partial charge in [0.25, 0.3) is 0 Å². The van der Waals surface area contributed by atoms with Crippen LogP contribution in [0.15, 0.2) is 71.6 Å². The smallest absolute Gasteiger partial charge is 0.152 e. The number of likely N-dealkylation sites (tertiary alicyclic amines) is 1. The van der Waals surface area contributed by atoms with E-state index in [1.54, 1.807) is 20.3 Å². The van der Waals surface area contributed by atoms with E-state index in [-0.39, 0.29) is 12.6 Å². The second kappa shape index (κ2) is 10.7. The highest BCUT2D eigenvalue weighted by Gasteiger charge is 2.32. The fourth-order valence-corrected chi connectivity index (χ4v) is 5.81. The molecule has 0 spiro atoms. The highest BCUT2D eigenvalue weighted by Crippen LogP contribution is 2.44. The molecule has 3 aromatic carbocycles. The number of ether oxygens (including phenoxy) is 4. The van der Waals surface area contributed by atoms with Crippen molar-refractivity contribution in [1.29, 1.82) is 0 Å². The van der Waals surface area contributed by atoms with Gasteiger partial charge >= 0.3 is 0 Å². The van der Waals surface area contributed by atoms with Crippen LogP contribution in [0.2, 0.25) is 0 Å². The third-order valence-electron chi connectivity index (χ3n) is 6.35.